The first kappa shape index (κ1) is 13.5. The molecular weight excluding hydrogens is 264 g/mol. The molecule has 8 nitrogen and oxygen atoms in total. The number of nitrogens with two attached hydrogens (primary N) is 1. The minimum absolute atomic E-state index is 0.00652. The van der Waals surface area contributed by atoms with Crippen LogP contribution in [-0.4, -0.2) is 39.0 Å². The second kappa shape index (κ2) is 5.39. The molecule has 0 aliphatic rings. The van der Waals surface area contributed by atoms with Gasteiger partial charge >= 0.3 is 5.97 Å². The van der Waals surface area contributed by atoms with Crippen molar-refractivity contribution in [2.24, 2.45) is 5.73 Å². The molecule has 1 amide bonds. The minimum atomic E-state index is -0.787. The second-order valence-electron chi connectivity index (χ2n) is 3.84. The highest BCUT2D eigenvalue weighted by Crippen LogP contribution is 2.26. The molecule has 2 rings (SSSR count). The molecule has 4 N–H and O–H groups in total. The summed E-state index contributed by atoms with van der Waals surface area (Å²) >= 11 is 0. The standard InChI is InChI=1S/C12H12N4O4/c1-2-20-12(19)10-9(14-16-15-10)6-3-4-8(17)7(5-6)11(13)18/h3-5,17H,2H2,1H3,(H2,13,18)(H,14,15,16). The third-order valence-electron chi connectivity index (χ3n) is 2.55. The number of rotatable bonds is 4. The molecule has 0 unspecified atom stereocenters. The lowest BCUT2D eigenvalue weighted by molar-refractivity contribution is 0.0520. The molecule has 1 heterocycles. The van der Waals surface area contributed by atoms with Gasteiger partial charge in [-0.1, -0.05) is 0 Å². The molecular formula is C12H12N4O4. The summed E-state index contributed by atoms with van der Waals surface area (Å²) in [6, 6.07) is 4.11. The van der Waals surface area contributed by atoms with E-state index in [2.05, 4.69) is 15.4 Å². The van der Waals surface area contributed by atoms with Crippen molar-refractivity contribution in [2.45, 2.75) is 6.92 Å². The Kier molecular flexibility index (Phi) is 3.65. The Bertz CT molecular complexity index is 665. The molecule has 0 radical (unpaired) electrons. The molecule has 0 fully saturated rings. The van der Waals surface area contributed by atoms with Gasteiger partial charge in [0.25, 0.3) is 5.91 Å². The Morgan fingerprint density at radius 1 is 1.40 bits per heavy atom. The highest BCUT2D eigenvalue weighted by atomic mass is 16.5. The van der Waals surface area contributed by atoms with Crippen molar-refractivity contribution in [3.8, 4) is 17.0 Å². The number of carbonyl (C=O) groups is 2. The van der Waals surface area contributed by atoms with Crippen molar-refractivity contribution >= 4 is 11.9 Å². The smallest absolute Gasteiger partial charge is 0.361 e. The van der Waals surface area contributed by atoms with Gasteiger partial charge < -0.3 is 15.6 Å². The van der Waals surface area contributed by atoms with Gasteiger partial charge in [0.1, 0.15) is 11.4 Å². The SMILES string of the molecule is CCOC(=O)c1n[nH]nc1-c1ccc(O)c(C(N)=O)c1. The third kappa shape index (κ3) is 2.44. The van der Waals surface area contributed by atoms with Crippen LogP contribution in [0.2, 0.25) is 0 Å². The van der Waals surface area contributed by atoms with Gasteiger partial charge in [0.15, 0.2) is 5.69 Å². The van der Waals surface area contributed by atoms with Gasteiger partial charge in [0, 0.05) is 5.56 Å². The summed E-state index contributed by atoms with van der Waals surface area (Å²) in [6.07, 6.45) is 0. The van der Waals surface area contributed by atoms with Crippen molar-refractivity contribution in [3.05, 3.63) is 29.5 Å². The molecule has 8 heteroatoms. The van der Waals surface area contributed by atoms with E-state index in [-0.39, 0.29) is 29.3 Å². The summed E-state index contributed by atoms with van der Waals surface area (Å²) in [6.45, 7) is 1.87. The fourth-order valence-electron chi connectivity index (χ4n) is 1.65. The summed E-state index contributed by atoms with van der Waals surface area (Å²) in [5, 5.41) is 19.4. The van der Waals surface area contributed by atoms with E-state index in [4.69, 9.17) is 10.5 Å². The number of carbonyl (C=O) groups excluding carboxylic acids is 2. The molecule has 0 saturated heterocycles. The maximum atomic E-state index is 11.7. The number of phenols is 1. The van der Waals surface area contributed by atoms with E-state index in [0.717, 1.165) is 0 Å². The van der Waals surface area contributed by atoms with Crippen molar-refractivity contribution < 1.29 is 19.4 Å². The van der Waals surface area contributed by atoms with Crippen LogP contribution in [0.4, 0.5) is 0 Å². The molecule has 0 bridgehead atoms. The van der Waals surface area contributed by atoms with Gasteiger partial charge in [0.2, 0.25) is 0 Å². The number of aromatic hydroxyl groups is 1. The van der Waals surface area contributed by atoms with Crippen LogP contribution in [-0.2, 0) is 4.74 Å². The Morgan fingerprint density at radius 2 is 2.15 bits per heavy atom. The molecule has 0 saturated carbocycles. The van der Waals surface area contributed by atoms with Crippen molar-refractivity contribution in [3.63, 3.8) is 0 Å². The average molecular weight is 276 g/mol. The quantitative estimate of drug-likeness (QED) is 0.695. The summed E-state index contributed by atoms with van der Waals surface area (Å²) in [5.41, 5.74) is 5.70. The van der Waals surface area contributed by atoms with E-state index in [1.165, 1.54) is 18.2 Å². The minimum Gasteiger partial charge on any atom is -0.507 e. The molecule has 1 aromatic carbocycles. The summed E-state index contributed by atoms with van der Waals surface area (Å²) in [7, 11) is 0. The second-order valence-corrected chi connectivity index (χ2v) is 3.84. The molecule has 2 aromatic rings. The van der Waals surface area contributed by atoms with E-state index in [1.807, 2.05) is 0 Å². The first-order valence-electron chi connectivity index (χ1n) is 5.75. The Hall–Kier alpha value is -2.90. The largest absolute Gasteiger partial charge is 0.507 e. The molecule has 0 atom stereocenters. The number of hydrogen-bond donors (Lipinski definition) is 3. The van der Waals surface area contributed by atoms with Crippen molar-refractivity contribution in [1.82, 2.24) is 15.4 Å². The molecule has 0 spiro atoms. The number of aromatic nitrogens is 3. The van der Waals surface area contributed by atoms with Gasteiger partial charge in [0.05, 0.1) is 12.2 Å². The van der Waals surface area contributed by atoms with Crippen LogP contribution in [0.5, 0.6) is 5.75 Å². The maximum Gasteiger partial charge on any atom is 0.361 e. The number of esters is 1. The fraction of sp³-hybridized carbons (Fsp3) is 0.167. The molecule has 104 valence electrons. The third-order valence-corrected chi connectivity index (χ3v) is 2.55. The van der Waals surface area contributed by atoms with Crippen LogP contribution in [0.15, 0.2) is 18.2 Å². The van der Waals surface area contributed by atoms with Crippen molar-refractivity contribution in [2.75, 3.05) is 6.61 Å². The molecule has 0 aliphatic carbocycles. The Labute approximate surface area is 113 Å². The highest BCUT2D eigenvalue weighted by molar-refractivity contribution is 5.98. The fourth-order valence-corrected chi connectivity index (χ4v) is 1.65. The lowest BCUT2D eigenvalue weighted by Crippen LogP contribution is -2.11. The Balaban J connectivity index is 2.48. The number of nitrogens with zero attached hydrogens (tertiary/aromatic N) is 2. The van der Waals surface area contributed by atoms with Crippen LogP contribution < -0.4 is 5.73 Å². The van der Waals surface area contributed by atoms with E-state index in [9.17, 15) is 14.7 Å². The monoisotopic (exact) mass is 276 g/mol. The number of ether oxygens (including phenoxy) is 1. The Morgan fingerprint density at radius 3 is 2.80 bits per heavy atom. The number of primary amides is 1. The maximum absolute atomic E-state index is 11.7. The van der Waals surface area contributed by atoms with Crippen LogP contribution in [0.25, 0.3) is 11.3 Å². The topological polar surface area (TPSA) is 131 Å². The lowest BCUT2D eigenvalue weighted by Gasteiger charge is -2.04. The van der Waals surface area contributed by atoms with Gasteiger partial charge in [-0.25, -0.2) is 4.79 Å². The van der Waals surface area contributed by atoms with Crippen LogP contribution >= 0.6 is 0 Å². The average Bonchev–Trinajstić information content (AvgIpc) is 2.88. The van der Waals surface area contributed by atoms with Crippen LogP contribution in [0, 0.1) is 0 Å². The number of amides is 1. The number of aromatic amines is 1. The van der Waals surface area contributed by atoms with E-state index in [1.54, 1.807) is 6.92 Å². The number of benzene rings is 1. The predicted octanol–water partition coefficient (Wildman–Crippen LogP) is 0.453. The van der Waals surface area contributed by atoms with E-state index in [0.29, 0.717) is 5.56 Å². The highest BCUT2D eigenvalue weighted by Gasteiger charge is 2.20. The zero-order valence-corrected chi connectivity index (χ0v) is 10.6. The van der Waals surface area contributed by atoms with Gasteiger partial charge in [-0.05, 0) is 25.1 Å². The van der Waals surface area contributed by atoms with Gasteiger partial charge in [-0.3, -0.25) is 4.79 Å². The summed E-state index contributed by atoms with van der Waals surface area (Å²) < 4.78 is 4.85. The first-order chi connectivity index (χ1) is 9.54. The normalized spacial score (nSPS) is 10.2. The zero-order valence-electron chi connectivity index (χ0n) is 10.6. The van der Waals surface area contributed by atoms with Gasteiger partial charge in [-0.2, -0.15) is 10.3 Å². The van der Waals surface area contributed by atoms with Crippen LogP contribution in [0.1, 0.15) is 27.8 Å². The molecule has 0 aliphatic heterocycles. The first-order valence-corrected chi connectivity index (χ1v) is 5.75. The lowest BCUT2D eigenvalue weighted by atomic mass is 10.1. The summed E-state index contributed by atoms with van der Waals surface area (Å²) in [5.74, 6) is -1.67. The zero-order chi connectivity index (χ0) is 14.7. The van der Waals surface area contributed by atoms with E-state index < -0.39 is 11.9 Å². The van der Waals surface area contributed by atoms with Crippen molar-refractivity contribution in [1.29, 1.82) is 0 Å². The van der Waals surface area contributed by atoms with Gasteiger partial charge in [-0.15, -0.1) is 5.10 Å². The number of hydrogen-bond acceptors (Lipinski definition) is 6. The number of H-pyrrole nitrogens is 1. The predicted molar refractivity (Wildman–Crippen MR) is 68.0 cm³/mol. The summed E-state index contributed by atoms with van der Waals surface area (Å²) in [4.78, 5) is 22.9. The molecule has 20 heavy (non-hydrogen) atoms. The molecule has 1 aromatic heterocycles. The van der Waals surface area contributed by atoms with Crippen LogP contribution in [0.3, 0.4) is 0 Å². The number of nitrogens with one attached hydrogen (secondary N) is 1. The van der Waals surface area contributed by atoms with E-state index >= 15 is 0 Å².